The third-order valence-corrected chi connectivity index (χ3v) is 7.85. The molecule has 0 aliphatic carbocycles. The van der Waals surface area contributed by atoms with E-state index >= 15 is 0 Å². The molecule has 1 N–H and O–H groups in total. The number of nitrogens with zero attached hydrogens (tertiary/aromatic N) is 4. The summed E-state index contributed by atoms with van der Waals surface area (Å²) in [6.45, 7) is 1.62. The van der Waals surface area contributed by atoms with Gasteiger partial charge in [-0.05, 0) is 30.2 Å². The first kappa shape index (κ1) is 23.6. The molecule has 0 saturated carbocycles. The van der Waals surface area contributed by atoms with Crippen molar-refractivity contribution in [1.29, 1.82) is 0 Å². The lowest BCUT2D eigenvalue weighted by molar-refractivity contribution is -0.385. The van der Waals surface area contributed by atoms with Crippen molar-refractivity contribution in [1.82, 2.24) is 14.5 Å². The lowest BCUT2D eigenvalue weighted by Gasteiger charge is -2.34. The average Bonchev–Trinajstić information content (AvgIpc) is 3.28. The summed E-state index contributed by atoms with van der Waals surface area (Å²) in [5, 5.41) is 13.8. The van der Waals surface area contributed by atoms with E-state index in [-0.39, 0.29) is 48.7 Å². The van der Waals surface area contributed by atoms with Crippen molar-refractivity contribution in [2.24, 2.45) is 0 Å². The van der Waals surface area contributed by atoms with Crippen LogP contribution in [0.25, 0.3) is 0 Å². The standard InChI is InChI=1S/C22H25N5O6S/c28-21-5-2-10-26(21)18-8-6-17(7-9-18)16-23-22(29)24-11-13-25(14-12-24)34(32,33)20-4-1-3-19(15-20)27(30)31/h1,3-4,6-9,15H,2,5,10-14,16H2,(H,23,29). The molecule has 180 valence electrons. The van der Waals surface area contributed by atoms with Crippen LogP contribution < -0.4 is 10.2 Å². The summed E-state index contributed by atoms with van der Waals surface area (Å²) in [5.74, 6) is 0.118. The van der Waals surface area contributed by atoms with Gasteiger partial charge in [0.05, 0.1) is 9.82 Å². The van der Waals surface area contributed by atoms with E-state index in [2.05, 4.69) is 5.32 Å². The Morgan fingerprint density at radius 1 is 1.03 bits per heavy atom. The zero-order valence-electron chi connectivity index (χ0n) is 18.4. The van der Waals surface area contributed by atoms with Gasteiger partial charge in [0.2, 0.25) is 15.9 Å². The van der Waals surface area contributed by atoms with E-state index in [0.29, 0.717) is 13.0 Å². The normalized spacial score (nSPS) is 17.1. The number of non-ortho nitro benzene ring substituents is 1. The fraction of sp³-hybridized carbons (Fsp3) is 0.364. The average molecular weight is 488 g/mol. The highest BCUT2D eigenvalue weighted by atomic mass is 32.2. The third kappa shape index (κ3) is 5.02. The van der Waals surface area contributed by atoms with Crippen LogP contribution >= 0.6 is 0 Å². The second-order valence-corrected chi connectivity index (χ2v) is 10.1. The second-order valence-electron chi connectivity index (χ2n) is 8.12. The van der Waals surface area contributed by atoms with Crippen molar-refractivity contribution in [2.45, 2.75) is 24.3 Å². The van der Waals surface area contributed by atoms with Crippen LogP contribution in [0.5, 0.6) is 0 Å². The number of hydrogen-bond donors (Lipinski definition) is 1. The molecule has 4 rings (SSSR count). The maximum Gasteiger partial charge on any atom is 0.317 e. The van der Waals surface area contributed by atoms with Gasteiger partial charge in [-0.15, -0.1) is 0 Å². The van der Waals surface area contributed by atoms with E-state index in [0.717, 1.165) is 30.3 Å². The van der Waals surface area contributed by atoms with Crippen LogP contribution in [0.4, 0.5) is 16.2 Å². The van der Waals surface area contributed by atoms with E-state index in [1.165, 1.54) is 27.4 Å². The SMILES string of the molecule is O=C(NCc1ccc(N2CCCC2=O)cc1)N1CCN(S(=O)(=O)c2cccc([N+](=O)[O-])c2)CC1. The van der Waals surface area contributed by atoms with Crippen LogP contribution in [0, 0.1) is 10.1 Å². The van der Waals surface area contributed by atoms with Crippen molar-refractivity contribution < 1.29 is 22.9 Å². The largest absolute Gasteiger partial charge is 0.334 e. The Labute approximate surface area is 197 Å². The second kappa shape index (κ2) is 9.77. The summed E-state index contributed by atoms with van der Waals surface area (Å²) in [7, 11) is -3.90. The van der Waals surface area contributed by atoms with E-state index in [9.17, 15) is 28.1 Å². The number of rotatable bonds is 6. The first-order chi connectivity index (χ1) is 16.3. The minimum atomic E-state index is -3.90. The number of anilines is 1. The minimum Gasteiger partial charge on any atom is -0.334 e. The molecule has 12 heteroatoms. The molecule has 11 nitrogen and oxygen atoms in total. The Morgan fingerprint density at radius 2 is 1.74 bits per heavy atom. The number of benzene rings is 2. The van der Waals surface area contributed by atoms with Crippen molar-refractivity contribution in [2.75, 3.05) is 37.6 Å². The van der Waals surface area contributed by atoms with Gasteiger partial charge in [-0.3, -0.25) is 14.9 Å². The summed E-state index contributed by atoms with van der Waals surface area (Å²) in [6.07, 6.45) is 1.42. The molecule has 2 saturated heterocycles. The van der Waals surface area contributed by atoms with E-state index in [4.69, 9.17) is 0 Å². The van der Waals surface area contributed by atoms with Crippen LogP contribution in [-0.4, -0.2) is 67.2 Å². The summed E-state index contributed by atoms with van der Waals surface area (Å²) in [6, 6.07) is 12.1. The van der Waals surface area contributed by atoms with Crippen molar-refractivity contribution in [3.63, 3.8) is 0 Å². The topological polar surface area (TPSA) is 133 Å². The molecule has 0 atom stereocenters. The highest BCUT2D eigenvalue weighted by Crippen LogP contribution is 2.23. The molecule has 3 amide bonds. The molecular formula is C22H25N5O6S. The Morgan fingerprint density at radius 3 is 2.35 bits per heavy atom. The molecule has 0 spiro atoms. The molecule has 2 fully saturated rings. The van der Waals surface area contributed by atoms with Crippen LogP contribution in [0.1, 0.15) is 18.4 Å². The quantitative estimate of drug-likeness (QED) is 0.489. The molecule has 0 bridgehead atoms. The van der Waals surface area contributed by atoms with E-state index in [1.54, 1.807) is 4.90 Å². The summed E-state index contributed by atoms with van der Waals surface area (Å²) < 4.78 is 26.9. The maximum atomic E-state index is 12.9. The van der Waals surface area contributed by atoms with Gasteiger partial charge in [-0.2, -0.15) is 4.31 Å². The number of urea groups is 1. The molecule has 0 aromatic heterocycles. The van der Waals surface area contributed by atoms with Gasteiger partial charge in [0.15, 0.2) is 0 Å². The van der Waals surface area contributed by atoms with Gasteiger partial charge in [0, 0.05) is 63.5 Å². The lowest BCUT2D eigenvalue weighted by atomic mass is 10.2. The smallest absolute Gasteiger partial charge is 0.317 e. The van der Waals surface area contributed by atoms with E-state index in [1.807, 2.05) is 24.3 Å². The van der Waals surface area contributed by atoms with Crippen molar-refractivity contribution in [3.8, 4) is 0 Å². The number of nitro groups is 1. The van der Waals surface area contributed by atoms with E-state index < -0.39 is 14.9 Å². The molecule has 2 aromatic carbocycles. The Balaban J connectivity index is 1.29. The van der Waals surface area contributed by atoms with Gasteiger partial charge in [0.25, 0.3) is 5.69 Å². The van der Waals surface area contributed by atoms with Gasteiger partial charge in [-0.1, -0.05) is 18.2 Å². The fourth-order valence-electron chi connectivity index (χ4n) is 4.04. The zero-order chi connectivity index (χ0) is 24.3. The molecule has 2 aliphatic rings. The first-order valence-electron chi connectivity index (χ1n) is 10.9. The lowest BCUT2D eigenvalue weighted by Crippen LogP contribution is -2.52. The number of carbonyl (C=O) groups excluding carboxylic acids is 2. The van der Waals surface area contributed by atoms with Crippen LogP contribution in [0.15, 0.2) is 53.4 Å². The number of hydrogen-bond acceptors (Lipinski definition) is 6. The highest BCUT2D eigenvalue weighted by molar-refractivity contribution is 7.89. The molecule has 2 aromatic rings. The molecule has 0 radical (unpaired) electrons. The zero-order valence-corrected chi connectivity index (χ0v) is 19.2. The van der Waals surface area contributed by atoms with Crippen LogP contribution in [0.2, 0.25) is 0 Å². The van der Waals surface area contributed by atoms with Crippen LogP contribution in [-0.2, 0) is 21.4 Å². The fourth-order valence-corrected chi connectivity index (χ4v) is 5.50. The number of amides is 3. The third-order valence-electron chi connectivity index (χ3n) is 5.96. The Kier molecular flexibility index (Phi) is 6.80. The Hall–Kier alpha value is -3.51. The number of carbonyl (C=O) groups is 2. The first-order valence-corrected chi connectivity index (χ1v) is 12.4. The van der Waals surface area contributed by atoms with Gasteiger partial charge >= 0.3 is 6.03 Å². The number of sulfonamides is 1. The van der Waals surface area contributed by atoms with Crippen molar-refractivity contribution in [3.05, 3.63) is 64.2 Å². The summed E-state index contributed by atoms with van der Waals surface area (Å²) >= 11 is 0. The van der Waals surface area contributed by atoms with Gasteiger partial charge in [-0.25, -0.2) is 13.2 Å². The highest BCUT2D eigenvalue weighted by Gasteiger charge is 2.31. The predicted octanol–water partition coefficient (Wildman–Crippen LogP) is 1.94. The molecule has 34 heavy (non-hydrogen) atoms. The number of nitrogens with one attached hydrogen (secondary N) is 1. The van der Waals surface area contributed by atoms with Gasteiger partial charge in [0.1, 0.15) is 0 Å². The number of piperazine rings is 1. The minimum absolute atomic E-state index is 0.0943. The summed E-state index contributed by atoms with van der Waals surface area (Å²) in [4.78, 5) is 37.9. The molecular weight excluding hydrogens is 462 g/mol. The summed E-state index contributed by atoms with van der Waals surface area (Å²) in [5.41, 5.74) is 1.44. The molecule has 0 unspecified atom stereocenters. The van der Waals surface area contributed by atoms with Crippen molar-refractivity contribution >= 4 is 33.3 Å². The Bertz CT molecular complexity index is 1190. The maximum absolute atomic E-state index is 12.9. The monoisotopic (exact) mass is 487 g/mol. The molecule has 2 heterocycles. The van der Waals surface area contributed by atoms with Gasteiger partial charge < -0.3 is 15.1 Å². The van der Waals surface area contributed by atoms with Crippen LogP contribution in [0.3, 0.4) is 0 Å². The predicted molar refractivity (Wildman–Crippen MR) is 124 cm³/mol. The number of nitro benzene ring substituents is 1. The molecule has 2 aliphatic heterocycles.